The molecule has 1 aromatic heterocycles. The highest BCUT2D eigenvalue weighted by Gasteiger charge is 2.81. The summed E-state index contributed by atoms with van der Waals surface area (Å²) < 4.78 is 36.6. The minimum atomic E-state index is -1.50. The fourth-order valence-electron chi connectivity index (χ4n) is 7.54. The van der Waals surface area contributed by atoms with Crippen LogP contribution in [0.4, 0.5) is 0 Å². The minimum absolute atomic E-state index is 0.0918. The summed E-state index contributed by atoms with van der Waals surface area (Å²) in [6.07, 6.45) is 0.552. The highest BCUT2D eigenvalue weighted by atomic mass is 35.5. The highest BCUT2D eigenvalue weighted by Crippen LogP contribution is 2.74. The molecule has 1 spiro atoms. The maximum absolute atomic E-state index is 13.8. The second-order valence-electron chi connectivity index (χ2n) is 10.3. The van der Waals surface area contributed by atoms with Gasteiger partial charge in [0.25, 0.3) is 5.79 Å². The molecule has 1 saturated heterocycles. The number of benzene rings is 3. The summed E-state index contributed by atoms with van der Waals surface area (Å²) in [5.41, 5.74) is 2.58. The zero-order chi connectivity index (χ0) is 26.1. The predicted molar refractivity (Wildman–Crippen MR) is 136 cm³/mol. The number of fused-ring (bicyclic) bond motifs is 5. The van der Waals surface area contributed by atoms with Crippen molar-refractivity contribution in [2.45, 2.75) is 24.5 Å². The van der Waals surface area contributed by atoms with Crippen molar-refractivity contribution in [1.82, 2.24) is 5.16 Å². The summed E-state index contributed by atoms with van der Waals surface area (Å²) in [7, 11) is 4.76. The van der Waals surface area contributed by atoms with Crippen LogP contribution in [0.5, 0.6) is 23.0 Å². The van der Waals surface area contributed by atoms with Crippen molar-refractivity contribution < 1.29 is 33.0 Å². The number of ether oxygens (including phenoxy) is 5. The van der Waals surface area contributed by atoms with E-state index in [4.69, 9.17) is 39.8 Å². The van der Waals surface area contributed by atoms with Gasteiger partial charge in [-0.15, -0.1) is 0 Å². The van der Waals surface area contributed by atoms with Gasteiger partial charge in [-0.2, -0.15) is 0 Å². The molecule has 4 atom stereocenters. The first-order valence-electron chi connectivity index (χ1n) is 12.4. The zero-order valence-electron chi connectivity index (χ0n) is 21.0. The number of nitrogens with zero attached hydrogens (tertiary/aromatic N) is 1. The monoisotopic (exact) mass is 531 g/mol. The lowest BCUT2D eigenvalue weighted by Crippen LogP contribution is -2.55. The largest absolute Gasteiger partial charge is 0.496 e. The molecule has 3 heterocycles. The quantitative estimate of drug-likeness (QED) is 0.325. The molecule has 3 aromatic carbocycles. The van der Waals surface area contributed by atoms with Crippen LogP contribution in [-0.4, -0.2) is 32.5 Å². The third-order valence-corrected chi connectivity index (χ3v) is 9.06. The fraction of sp³-hybridized carbons (Fsp3) is 0.310. The van der Waals surface area contributed by atoms with Crippen LogP contribution in [0.3, 0.4) is 0 Å². The summed E-state index contributed by atoms with van der Waals surface area (Å²) >= 11 is 6.67. The number of hydrogen-bond acceptors (Lipinski definition) is 8. The van der Waals surface area contributed by atoms with Gasteiger partial charge in [-0.1, -0.05) is 41.9 Å². The molecule has 1 fully saturated rings. The highest BCUT2D eigenvalue weighted by molar-refractivity contribution is 6.34. The molecule has 0 saturated carbocycles. The summed E-state index contributed by atoms with van der Waals surface area (Å²) in [6, 6.07) is 11.3. The summed E-state index contributed by atoms with van der Waals surface area (Å²) in [6.45, 7) is 2.04. The smallest absolute Gasteiger partial charge is 0.314 e. The van der Waals surface area contributed by atoms with Crippen molar-refractivity contribution in [2.24, 2.45) is 11.8 Å². The van der Waals surface area contributed by atoms with Crippen LogP contribution in [0, 0.1) is 11.8 Å². The Bertz CT molecular complexity index is 1750. The number of aromatic nitrogens is 1. The maximum atomic E-state index is 13.8. The van der Waals surface area contributed by atoms with Gasteiger partial charge in [0.15, 0.2) is 0 Å². The Labute approximate surface area is 222 Å². The summed E-state index contributed by atoms with van der Waals surface area (Å²) in [5, 5.41) is 6.34. The molecule has 38 heavy (non-hydrogen) atoms. The maximum Gasteiger partial charge on any atom is 0.314 e. The Hall–Kier alpha value is -3.91. The second-order valence-corrected chi connectivity index (χ2v) is 10.7. The third kappa shape index (κ3) is 2.12. The second kappa shape index (κ2) is 6.94. The van der Waals surface area contributed by atoms with Crippen molar-refractivity contribution >= 4 is 28.3 Å². The van der Waals surface area contributed by atoms with E-state index >= 15 is 0 Å². The van der Waals surface area contributed by atoms with E-state index < -0.39 is 17.1 Å². The van der Waals surface area contributed by atoms with Crippen molar-refractivity contribution in [1.29, 1.82) is 0 Å². The third-order valence-electron chi connectivity index (χ3n) is 8.77. The van der Waals surface area contributed by atoms with Crippen LogP contribution in [0.1, 0.15) is 29.4 Å². The molecule has 9 heteroatoms. The van der Waals surface area contributed by atoms with Gasteiger partial charge in [-0.3, -0.25) is 4.79 Å². The molecule has 0 bridgehead atoms. The number of carbonyl (C=O) groups is 1. The molecule has 2 aliphatic heterocycles. The molecular formula is C29H22ClNO7. The Morgan fingerprint density at radius 1 is 1.03 bits per heavy atom. The van der Waals surface area contributed by atoms with Gasteiger partial charge in [0, 0.05) is 29.0 Å². The lowest BCUT2D eigenvalue weighted by Gasteiger charge is -2.45. The molecule has 4 aromatic rings. The molecule has 4 aliphatic rings. The van der Waals surface area contributed by atoms with Crippen LogP contribution >= 0.6 is 11.6 Å². The van der Waals surface area contributed by atoms with Crippen molar-refractivity contribution in [3.8, 4) is 34.3 Å². The molecule has 192 valence electrons. The molecule has 0 radical (unpaired) electrons. The van der Waals surface area contributed by atoms with E-state index in [0.717, 1.165) is 22.3 Å². The van der Waals surface area contributed by atoms with Crippen LogP contribution < -0.4 is 18.9 Å². The predicted octanol–water partition coefficient (Wildman–Crippen LogP) is 5.38. The van der Waals surface area contributed by atoms with E-state index in [1.807, 2.05) is 37.3 Å². The van der Waals surface area contributed by atoms with E-state index in [2.05, 4.69) is 5.16 Å². The van der Waals surface area contributed by atoms with Crippen LogP contribution in [0.2, 0.25) is 5.02 Å². The molecular weight excluding hydrogens is 510 g/mol. The number of carbonyl (C=O) groups excluding carboxylic acids is 1. The minimum Gasteiger partial charge on any atom is -0.496 e. The van der Waals surface area contributed by atoms with E-state index in [1.165, 1.54) is 0 Å². The number of esters is 1. The first kappa shape index (κ1) is 22.1. The van der Waals surface area contributed by atoms with Crippen LogP contribution in [0.15, 0.2) is 40.9 Å². The Morgan fingerprint density at radius 2 is 1.84 bits per heavy atom. The molecule has 8 nitrogen and oxygen atoms in total. The Kier molecular flexibility index (Phi) is 4.04. The molecule has 0 amide bonds. The molecule has 8 rings (SSSR count). The van der Waals surface area contributed by atoms with Gasteiger partial charge in [-0.05, 0) is 18.1 Å². The zero-order valence-corrected chi connectivity index (χ0v) is 21.8. The van der Waals surface area contributed by atoms with Crippen LogP contribution in [0.25, 0.3) is 22.0 Å². The van der Waals surface area contributed by atoms with E-state index in [-0.39, 0.29) is 11.9 Å². The van der Waals surface area contributed by atoms with Gasteiger partial charge >= 0.3 is 5.97 Å². The Morgan fingerprint density at radius 3 is 2.61 bits per heavy atom. The normalized spacial score (nSPS) is 27.1. The Balaban J connectivity index is 1.60. The molecule has 0 unspecified atom stereocenters. The lowest BCUT2D eigenvalue weighted by atomic mass is 9.52. The average Bonchev–Trinajstić information content (AvgIpc) is 3.54. The number of halogens is 1. The average molecular weight is 532 g/mol. The van der Waals surface area contributed by atoms with Gasteiger partial charge in [0.05, 0.1) is 48.8 Å². The topological polar surface area (TPSA) is 89.3 Å². The fourth-order valence-corrected chi connectivity index (χ4v) is 7.81. The van der Waals surface area contributed by atoms with Gasteiger partial charge < -0.3 is 28.2 Å². The van der Waals surface area contributed by atoms with Gasteiger partial charge in [0.2, 0.25) is 0 Å². The van der Waals surface area contributed by atoms with E-state index in [1.54, 1.807) is 27.4 Å². The van der Waals surface area contributed by atoms with Crippen molar-refractivity contribution in [2.75, 3.05) is 21.3 Å². The number of methoxy groups -OCH3 is 3. The van der Waals surface area contributed by atoms with Gasteiger partial charge in [0.1, 0.15) is 39.9 Å². The first-order chi connectivity index (χ1) is 18.4. The standard InChI is InChI=1S/C29H22ClNO7/c1-12-10-19-23-24(31-38-19)21-14(6-5-7-17(21)33-2)29-28(23,22(12)27(32)37-29)15-9-8-13-18(34-3)11-16(30)26(35-4)20(13)25(15)36-29/h5-9,11-12,22H,10H2,1-4H3/t12-,22-,28+,29-/m1/s1. The SMILES string of the molecule is COc1cccc2c1-c1noc3c1[C@@]14c5ccc6c(OC)cc(Cl)c(OC)c6c5O[C@@]21OC(=O)[C@H]4[C@H](C)C3. The molecule has 0 N–H and O–H groups in total. The number of rotatable bonds is 3. The summed E-state index contributed by atoms with van der Waals surface area (Å²) in [5.74, 6) is 0.430. The van der Waals surface area contributed by atoms with Gasteiger partial charge in [-0.25, -0.2) is 0 Å². The summed E-state index contributed by atoms with van der Waals surface area (Å²) in [4.78, 5) is 13.8. The van der Waals surface area contributed by atoms with E-state index in [0.29, 0.717) is 56.6 Å². The molecule has 2 aliphatic carbocycles. The van der Waals surface area contributed by atoms with Crippen LogP contribution in [-0.2, 0) is 27.2 Å². The lowest BCUT2D eigenvalue weighted by molar-refractivity contribution is -0.187. The number of hydrogen-bond donors (Lipinski definition) is 0. The van der Waals surface area contributed by atoms with Crippen molar-refractivity contribution in [3.05, 3.63) is 63.9 Å². The van der Waals surface area contributed by atoms with Crippen molar-refractivity contribution in [3.63, 3.8) is 0 Å². The first-order valence-corrected chi connectivity index (χ1v) is 12.8. The van der Waals surface area contributed by atoms with E-state index in [9.17, 15) is 4.79 Å².